The number of rotatable bonds is 4. The van der Waals surface area contributed by atoms with E-state index >= 15 is 0 Å². The number of nitrogens with two attached hydrogens (primary N) is 1. The van der Waals surface area contributed by atoms with Crippen LogP contribution in [0.15, 0.2) is 18.2 Å². The summed E-state index contributed by atoms with van der Waals surface area (Å²) in [7, 11) is 1.52. The molecule has 1 fully saturated rings. The second kappa shape index (κ2) is 5.58. The summed E-state index contributed by atoms with van der Waals surface area (Å²) in [5, 5.41) is 19.3. The summed E-state index contributed by atoms with van der Waals surface area (Å²) in [6.45, 7) is 0. The summed E-state index contributed by atoms with van der Waals surface area (Å²) in [5.74, 6) is 0.967. The lowest BCUT2D eigenvalue weighted by atomic mass is 9.98. The molecule has 1 aromatic rings. The number of aromatic hydroxyl groups is 1. The minimum absolute atomic E-state index is 0. The van der Waals surface area contributed by atoms with Crippen LogP contribution < -0.4 is 10.5 Å². The van der Waals surface area contributed by atoms with Gasteiger partial charge in [-0.1, -0.05) is 0 Å². The molecule has 2 rings (SSSR count). The maximum absolute atomic E-state index is 9.96. The van der Waals surface area contributed by atoms with Gasteiger partial charge in [0.25, 0.3) is 0 Å². The zero-order valence-electron chi connectivity index (χ0n) is 9.67. The number of ether oxygens (including phenoxy) is 1. The van der Waals surface area contributed by atoms with E-state index in [0.29, 0.717) is 11.7 Å². The second-order valence-corrected chi connectivity index (χ2v) is 4.28. The smallest absolute Gasteiger partial charge is 0.127 e. The Morgan fingerprint density at radius 3 is 2.59 bits per heavy atom. The number of aliphatic hydroxyl groups is 1. The van der Waals surface area contributed by atoms with Gasteiger partial charge in [0.1, 0.15) is 11.5 Å². The van der Waals surface area contributed by atoms with E-state index in [1.54, 1.807) is 12.1 Å². The molecule has 0 spiro atoms. The largest absolute Gasteiger partial charge is 0.508 e. The van der Waals surface area contributed by atoms with Crippen molar-refractivity contribution in [2.75, 3.05) is 7.11 Å². The van der Waals surface area contributed by atoms with Gasteiger partial charge >= 0.3 is 0 Å². The molecule has 1 aliphatic rings. The van der Waals surface area contributed by atoms with E-state index in [0.717, 1.165) is 18.4 Å². The Balaban J connectivity index is 0.00000144. The van der Waals surface area contributed by atoms with Gasteiger partial charge in [-0.2, -0.15) is 0 Å². The first-order valence-electron chi connectivity index (χ1n) is 5.44. The fourth-order valence-corrected chi connectivity index (χ4v) is 1.89. The molecule has 4 N–H and O–H groups in total. The van der Waals surface area contributed by atoms with Gasteiger partial charge in [-0.15, -0.1) is 12.4 Å². The quantitative estimate of drug-likeness (QED) is 0.768. The molecule has 17 heavy (non-hydrogen) atoms. The predicted octanol–water partition coefficient (Wildman–Crippen LogP) is 1.59. The first kappa shape index (κ1) is 14.1. The van der Waals surface area contributed by atoms with Crippen LogP contribution >= 0.6 is 12.4 Å². The number of methoxy groups -OCH3 is 1. The average molecular weight is 260 g/mol. The summed E-state index contributed by atoms with van der Waals surface area (Å²) in [4.78, 5) is 0. The summed E-state index contributed by atoms with van der Waals surface area (Å²) in [6, 6.07) is 4.30. The fourth-order valence-electron chi connectivity index (χ4n) is 1.89. The maximum Gasteiger partial charge on any atom is 0.127 e. The second-order valence-electron chi connectivity index (χ2n) is 4.28. The number of phenolic OH excluding ortho intramolecular Hbond substituents is 1. The highest BCUT2D eigenvalue weighted by atomic mass is 35.5. The van der Waals surface area contributed by atoms with Crippen molar-refractivity contribution < 1.29 is 14.9 Å². The number of phenols is 1. The highest BCUT2D eigenvalue weighted by Gasteiger charge is 2.35. The van der Waals surface area contributed by atoms with E-state index in [4.69, 9.17) is 10.5 Å². The van der Waals surface area contributed by atoms with Crippen LogP contribution in [0.25, 0.3) is 0 Å². The van der Waals surface area contributed by atoms with Crippen molar-refractivity contribution in [3.8, 4) is 11.5 Å². The van der Waals surface area contributed by atoms with Gasteiger partial charge in [-0.3, -0.25) is 0 Å². The Kier molecular flexibility index (Phi) is 4.62. The van der Waals surface area contributed by atoms with Crippen molar-refractivity contribution >= 4 is 12.4 Å². The molecule has 96 valence electrons. The first-order valence-corrected chi connectivity index (χ1v) is 5.44. The maximum atomic E-state index is 9.96. The lowest BCUT2D eigenvalue weighted by Gasteiger charge is -2.21. The molecule has 0 aromatic heterocycles. The van der Waals surface area contributed by atoms with Crippen LogP contribution in [0.2, 0.25) is 0 Å². The molecule has 0 unspecified atom stereocenters. The zero-order chi connectivity index (χ0) is 11.7. The summed E-state index contributed by atoms with van der Waals surface area (Å²) < 4.78 is 5.15. The highest BCUT2D eigenvalue weighted by Crippen LogP contribution is 2.39. The van der Waals surface area contributed by atoms with E-state index in [1.165, 1.54) is 13.2 Å². The molecule has 0 bridgehead atoms. The fraction of sp³-hybridized carbons (Fsp3) is 0.500. The Morgan fingerprint density at radius 1 is 1.41 bits per heavy atom. The molecule has 0 saturated heterocycles. The van der Waals surface area contributed by atoms with Crippen LogP contribution in [0.1, 0.15) is 24.4 Å². The molecule has 5 heteroatoms. The summed E-state index contributed by atoms with van der Waals surface area (Å²) in [6.07, 6.45) is 1.54. The van der Waals surface area contributed by atoms with Crippen LogP contribution in [0, 0.1) is 5.92 Å². The van der Waals surface area contributed by atoms with Gasteiger partial charge < -0.3 is 20.7 Å². The molecular formula is C12H18ClNO3. The zero-order valence-corrected chi connectivity index (χ0v) is 10.5. The van der Waals surface area contributed by atoms with E-state index in [1.807, 2.05) is 0 Å². The van der Waals surface area contributed by atoms with Crippen molar-refractivity contribution in [2.24, 2.45) is 11.7 Å². The molecule has 1 aliphatic carbocycles. The Hall–Kier alpha value is -0.970. The van der Waals surface area contributed by atoms with Crippen molar-refractivity contribution in [1.82, 2.24) is 0 Å². The average Bonchev–Trinajstić information content (AvgIpc) is 3.10. The van der Waals surface area contributed by atoms with Gasteiger partial charge in [0.15, 0.2) is 0 Å². The van der Waals surface area contributed by atoms with Crippen LogP contribution in [-0.2, 0) is 0 Å². The third-order valence-electron chi connectivity index (χ3n) is 3.05. The third-order valence-corrected chi connectivity index (χ3v) is 3.05. The monoisotopic (exact) mass is 259 g/mol. The van der Waals surface area contributed by atoms with Crippen molar-refractivity contribution in [3.05, 3.63) is 23.8 Å². The Bertz CT molecular complexity index is 382. The van der Waals surface area contributed by atoms with E-state index < -0.39 is 12.1 Å². The third kappa shape index (κ3) is 3.03. The molecule has 0 amide bonds. The topological polar surface area (TPSA) is 75.7 Å². The van der Waals surface area contributed by atoms with E-state index in [-0.39, 0.29) is 18.2 Å². The molecule has 0 radical (unpaired) electrons. The Labute approximate surface area is 107 Å². The minimum atomic E-state index is -0.529. The van der Waals surface area contributed by atoms with Crippen LogP contribution in [0.3, 0.4) is 0 Å². The van der Waals surface area contributed by atoms with Gasteiger partial charge in [-0.25, -0.2) is 0 Å². The molecule has 4 nitrogen and oxygen atoms in total. The normalized spacial score (nSPS) is 18.1. The number of benzene rings is 1. The van der Waals surface area contributed by atoms with Gasteiger partial charge in [0.2, 0.25) is 0 Å². The predicted molar refractivity (Wildman–Crippen MR) is 67.6 cm³/mol. The Morgan fingerprint density at radius 2 is 2.06 bits per heavy atom. The number of hydrogen-bond donors (Lipinski definition) is 3. The number of aliphatic hydroxyl groups excluding tert-OH is 1. The SMILES string of the molecule is COc1cc(O)ccc1[C@@H](N)[C@@H](O)C1CC1.Cl. The standard InChI is InChI=1S/C12H17NO3.ClH/c1-16-10-6-8(14)4-5-9(10)11(13)12(15)7-2-3-7;/h4-7,11-12,14-15H,2-3,13H2,1H3;1H/t11-,12+;/m1./s1. The number of hydrogen-bond acceptors (Lipinski definition) is 4. The molecule has 0 heterocycles. The lowest BCUT2D eigenvalue weighted by Crippen LogP contribution is -2.28. The van der Waals surface area contributed by atoms with Crippen LogP contribution in [0.4, 0.5) is 0 Å². The van der Waals surface area contributed by atoms with Crippen molar-refractivity contribution in [1.29, 1.82) is 0 Å². The summed E-state index contributed by atoms with van der Waals surface area (Å²) in [5.41, 5.74) is 6.73. The van der Waals surface area contributed by atoms with E-state index in [2.05, 4.69) is 0 Å². The molecule has 0 aliphatic heterocycles. The molecule has 1 saturated carbocycles. The van der Waals surface area contributed by atoms with Gasteiger partial charge in [0, 0.05) is 11.6 Å². The lowest BCUT2D eigenvalue weighted by molar-refractivity contribution is 0.121. The summed E-state index contributed by atoms with van der Waals surface area (Å²) >= 11 is 0. The molecule has 1 aromatic carbocycles. The van der Waals surface area contributed by atoms with E-state index in [9.17, 15) is 10.2 Å². The number of halogens is 1. The molecule has 2 atom stereocenters. The van der Waals surface area contributed by atoms with Crippen molar-refractivity contribution in [3.63, 3.8) is 0 Å². The molecular weight excluding hydrogens is 242 g/mol. The minimum Gasteiger partial charge on any atom is -0.508 e. The van der Waals surface area contributed by atoms with Gasteiger partial charge in [0.05, 0.1) is 19.3 Å². The highest BCUT2D eigenvalue weighted by molar-refractivity contribution is 5.85. The van der Waals surface area contributed by atoms with Crippen molar-refractivity contribution in [2.45, 2.75) is 25.0 Å². The van der Waals surface area contributed by atoms with Crippen LogP contribution in [0.5, 0.6) is 11.5 Å². The van der Waals surface area contributed by atoms with Crippen LogP contribution in [-0.4, -0.2) is 23.4 Å². The van der Waals surface area contributed by atoms with Gasteiger partial charge in [-0.05, 0) is 30.9 Å². The first-order chi connectivity index (χ1) is 7.63.